The maximum atomic E-state index is 11.5. The maximum Gasteiger partial charge on any atom is 0.240 e. The van der Waals surface area contributed by atoms with Crippen molar-refractivity contribution in [1.82, 2.24) is 9.97 Å². The molecule has 6 heteroatoms. The predicted octanol–water partition coefficient (Wildman–Crippen LogP) is 1.39. The van der Waals surface area contributed by atoms with Crippen molar-refractivity contribution < 1.29 is 4.79 Å². The number of rotatable bonds is 7. The molecule has 106 valence electrons. The molecule has 1 heterocycles. The van der Waals surface area contributed by atoms with Gasteiger partial charge < -0.3 is 16.4 Å². The van der Waals surface area contributed by atoms with E-state index in [1.165, 1.54) is 6.33 Å². The third kappa shape index (κ3) is 3.81. The van der Waals surface area contributed by atoms with Crippen LogP contribution in [-0.4, -0.2) is 29.0 Å². The lowest BCUT2D eigenvalue weighted by Gasteiger charge is -2.22. The summed E-state index contributed by atoms with van der Waals surface area (Å²) in [7, 11) is 1.82. The van der Waals surface area contributed by atoms with Gasteiger partial charge in [-0.25, -0.2) is 9.97 Å². The Hall–Kier alpha value is -1.85. The standard InChI is InChI=1S/C13H23N5O/c1-5-6-9-12(15-4)16-7-17-13(9)18-10(8(2)3)11(14)19/h7-8,10H,5-6H2,1-4H3,(H2,14,19)(H2,15,16,17,18). The summed E-state index contributed by atoms with van der Waals surface area (Å²) in [5.74, 6) is 1.19. The Morgan fingerprint density at radius 3 is 2.47 bits per heavy atom. The number of anilines is 2. The Morgan fingerprint density at radius 1 is 1.37 bits per heavy atom. The summed E-state index contributed by atoms with van der Waals surface area (Å²) in [6.45, 7) is 5.98. The second-order valence-corrected chi connectivity index (χ2v) is 4.82. The molecule has 19 heavy (non-hydrogen) atoms. The lowest BCUT2D eigenvalue weighted by molar-refractivity contribution is -0.119. The van der Waals surface area contributed by atoms with Gasteiger partial charge in [-0.2, -0.15) is 0 Å². The number of carbonyl (C=O) groups is 1. The summed E-state index contributed by atoms with van der Waals surface area (Å²) in [5.41, 5.74) is 6.41. The zero-order chi connectivity index (χ0) is 14.4. The minimum Gasteiger partial charge on any atom is -0.373 e. The molecule has 0 fully saturated rings. The van der Waals surface area contributed by atoms with Gasteiger partial charge in [-0.1, -0.05) is 27.2 Å². The van der Waals surface area contributed by atoms with Gasteiger partial charge in [0.25, 0.3) is 0 Å². The first kappa shape index (κ1) is 15.2. The molecule has 0 aliphatic carbocycles. The van der Waals surface area contributed by atoms with E-state index in [0.717, 1.165) is 24.2 Å². The minimum atomic E-state index is -0.435. The normalized spacial score (nSPS) is 12.3. The topological polar surface area (TPSA) is 92.9 Å². The first-order valence-corrected chi connectivity index (χ1v) is 6.58. The average Bonchev–Trinajstić information content (AvgIpc) is 2.36. The highest BCUT2D eigenvalue weighted by Gasteiger charge is 2.21. The van der Waals surface area contributed by atoms with Crippen molar-refractivity contribution in [2.45, 2.75) is 39.7 Å². The Labute approximate surface area is 114 Å². The van der Waals surface area contributed by atoms with Gasteiger partial charge in [-0.15, -0.1) is 0 Å². The molecule has 0 radical (unpaired) electrons. The Bertz CT molecular complexity index is 433. The summed E-state index contributed by atoms with van der Waals surface area (Å²) in [6, 6.07) is -0.435. The van der Waals surface area contributed by atoms with Gasteiger partial charge >= 0.3 is 0 Å². The van der Waals surface area contributed by atoms with E-state index in [4.69, 9.17) is 5.73 Å². The smallest absolute Gasteiger partial charge is 0.240 e. The molecule has 0 spiro atoms. The predicted molar refractivity (Wildman–Crippen MR) is 77.0 cm³/mol. The van der Waals surface area contributed by atoms with E-state index in [2.05, 4.69) is 27.5 Å². The van der Waals surface area contributed by atoms with E-state index in [1.807, 2.05) is 20.9 Å². The van der Waals surface area contributed by atoms with Crippen LogP contribution in [-0.2, 0) is 11.2 Å². The number of nitrogens with zero attached hydrogens (tertiary/aromatic N) is 2. The number of carbonyl (C=O) groups excluding carboxylic acids is 1. The molecule has 1 amide bonds. The highest BCUT2D eigenvalue weighted by molar-refractivity contribution is 5.83. The summed E-state index contributed by atoms with van der Waals surface area (Å²) < 4.78 is 0. The van der Waals surface area contributed by atoms with Crippen molar-refractivity contribution in [3.8, 4) is 0 Å². The summed E-state index contributed by atoms with van der Waals surface area (Å²) in [4.78, 5) is 19.9. The zero-order valence-corrected chi connectivity index (χ0v) is 12.0. The van der Waals surface area contributed by atoms with Crippen LogP contribution >= 0.6 is 0 Å². The number of hydrogen-bond donors (Lipinski definition) is 3. The first-order valence-electron chi connectivity index (χ1n) is 6.58. The van der Waals surface area contributed by atoms with Crippen LogP contribution < -0.4 is 16.4 Å². The molecule has 6 nitrogen and oxygen atoms in total. The van der Waals surface area contributed by atoms with E-state index in [0.29, 0.717) is 5.82 Å². The van der Waals surface area contributed by atoms with Crippen molar-refractivity contribution in [3.05, 3.63) is 11.9 Å². The van der Waals surface area contributed by atoms with Gasteiger partial charge in [0, 0.05) is 12.6 Å². The van der Waals surface area contributed by atoms with Crippen LogP contribution in [0, 0.1) is 5.92 Å². The second-order valence-electron chi connectivity index (χ2n) is 4.82. The van der Waals surface area contributed by atoms with Crippen LogP contribution in [0.2, 0.25) is 0 Å². The molecule has 0 aliphatic heterocycles. The zero-order valence-electron chi connectivity index (χ0n) is 12.0. The molecule has 0 aromatic carbocycles. The number of nitrogens with two attached hydrogens (primary N) is 1. The SMILES string of the molecule is CCCc1c(NC)ncnc1NC(C(N)=O)C(C)C. The quantitative estimate of drug-likeness (QED) is 0.693. The van der Waals surface area contributed by atoms with Crippen molar-refractivity contribution in [3.63, 3.8) is 0 Å². The van der Waals surface area contributed by atoms with Gasteiger partial charge in [-0.3, -0.25) is 4.79 Å². The Morgan fingerprint density at radius 2 is 2.00 bits per heavy atom. The molecule has 1 rings (SSSR count). The van der Waals surface area contributed by atoms with E-state index >= 15 is 0 Å². The second kappa shape index (κ2) is 6.92. The first-order chi connectivity index (χ1) is 9.01. The number of hydrogen-bond acceptors (Lipinski definition) is 5. The summed E-state index contributed by atoms with van der Waals surface area (Å²) in [5, 5.41) is 6.19. The molecule has 1 atom stereocenters. The van der Waals surface area contributed by atoms with Crippen molar-refractivity contribution in [2.75, 3.05) is 17.7 Å². The number of aromatic nitrogens is 2. The van der Waals surface area contributed by atoms with E-state index in [1.54, 1.807) is 0 Å². The van der Waals surface area contributed by atoms with E-state index < -0.39 is 6.04 Å². The monoisotopic (exact) mass is 265 g/mol. The molecule has 0 aliphatic rings. The molecule has 0 bridgehead atoms. The number of amides is 1. The van der Waals surface area contributed by atoms with Crippen molar-refractivity contribution >= 4 is 17.5 Å². The Balaban J connectivity index is 3.08. The molecule has 1 aromatic heterocycles. The van der Waals surface area contributed by atoms with Crippen LogP contribution in [0.4, 0.5) is 11.6 Å². The average molecular weight is 265 g/mol. The fourth-order valence-corrected chi connectivity index (χ4v) is 1.95. The third-order valence-corrected chi connectivity index (χ3v) is 2.95. The largest absolute Gasteiger partial charge is 0.373 e. The van der Waals surface area contributed by atoms with E-state index in [-0.39, 0.29) is 11.8 Å². The van der Waals surface area contributed by atoms with Gasteiger partial charge in [0.2, 0.25) is 5.91 Å². The third-order valence-electron chi connectivity index (χ3n) is 2.95. The van der Waals surface area contributed by atoms with Crippen LogP contribution in [0.15, 0.2) is 6.33 Å². The highest BCUT2D eigenvalue weighted by atomic mass is 16.1. The van der Waals surface area contributed by atoms with Crippen LogP contribution in [0.3, 0.4) is 0 Å². The van der Waals surface area contributed by atoms with Crippen LogP contribution in [0.1, 0.15) is 32.8 Å². The fraction of sp³-hybridized carbons (Fsp3) is 0.615. The maximum absolute atomic E-state index is 11.5. The highest BCUT2D eigenvalue weighted by Crippen LogP contribution is 2.22. The Kier molecular flexibility index (Phi) is 5.54. The lowest BCUT2D eigenvalue weighted by atomic mass is 10.0. The number of nitrogens with one attached hydrogen (secondary N) is 2. The van der Waals surface area contributed by atoms with Gasteiger partial charge in [-0.05, 0) is 12.3 Å². The molecular formula is C13H23N5O. The molecule has 4 N–H and O–H groups in total. The van der Waals surface area contributed by atoms with Crippen LogP contribution in [0.25, 0.3) is 0 Å². The van der Waals surface area contributed by atoms with Gasteiger partial charge in [0.15, 0.2) is 0 Å². The number of primary amides is 1. The molecule has 0 saturated heterocycles. The lowest BCUT2D eigenvalue weighted by Crippen LogP contribution is -2.40. The van der Waals surface area contributed by atoms with Crippen LogP contribution in [0.5, 0.6) is 0 Å². The summed E-state index contributed by atoms with van der Waals surface area (Å²) >= 11 is 0. The van der Waals surface area contributed by atoms with Gasteiger partial charge in [0.05, 0.1) is 0 Å². The molecule has 0 saturated carbocycles. The van der Waals surface area contributed by atoms with Crippen molar-refractivity contribution in [2.24, 2.45) is 11.7 Å². The minimum absolute atomic E-state index is 0.0972. The molecular weight excluding hydrogens is 242 g/mol. The van der Waals surface area contributed by atoms with E-state index in [9.17, 15) is 4.79 Å². The molecule has 1 aromatic rings. The van der Waals surface area contributed by atoms with Crippen molar-refractivity contribution in [1.29, 1.82) is 0 Å². The fourth-order valence-electron chi connectivity index (χ4n) is 1.95. The summed E-state index contributed by atoms with van der Waals surface area (Å²) in [6.07, 6.45) is 3.29. The molecule has 1 unspecified atom stereocenters. The van der Waals surface area contributed by atoms with Gasteiger partial charge in [0.1, 0.15) is 24.0 Å².